The van der Waals surface area contributed by atoms with Crippen molar-refractivity contribution in [2.75, 3.05) is 6.61 Å². The van der Waals surface area contributed by atoms with Gasteiger partial charge in [0, 0.05) is 18.3 Å². The molecule has 0 unspecified atom stereocenters. The molecule has 0 radical (unpaired) electrons. The first-order valence-electron chi connectivity index (χ1n) is 12.8. The first-order chi connectivity index (χ1) is 15.2. The molecule has 0 amide bonds. The lowest BCUT2D eigenvalue weighted by molar-refractivity contribution is -0.152. The van der Waals surface area contributed by atoms with Crippen LogP contribution in [0.1, 0.15) is 72.1 Å². The van der Waals surface area contributed by atoms with Gasteiger partial charge in [-0.1, -0.05) is 38.5 Å². The van der Waals surface area contributed by atoms with Gasteiger partial charge in [-0.25, -0.2) is 4.79 Å². The van der Waals surface area contributed by atoms with Crippen LogP contribution in [-0.4, -0.2) is 46.2 Å². The molecule has 5 aliphatic rings. The van der Waals surface area contributed by atoms with E-state index in [-0.39, 0.29) is 29.5 Å². The van der Waals surface area contributed by atoms with Crippen molar-refractivity contribution in [3.63, 3.8) is 0 Å². The molecule has 0 saturated heterocycles. The SMILES string of the molecule is C[C@@H]([C@H]1CC[C@H]2[C@@H]3CC=C4C[C@@H](O)C[C@H](O)[C@]4(C)[C@H]3CC[C@]12C)[C@H]1CC=C(CO)C(=O)O1. The number of cyclic esters (lactones) is 1. The normalized spacial score (nSPS) is 49.2. The van der Waals surface area contributed by atoms with Crippen LogP contribution in [0.5, 0.6) is 0 Å². The highest BCUT2D eigenvalue weighted by Gasteiger charge is 2.61. The number of carbonyl (C=O) groups is 1. The van der Waals surface area contributed by atoms with Crippen molar-refractivity contribution in [2.45, 2.75) is 90.4 Å². The lowest BCUT2D eigenvalue weighted by Crippen LogP contribution is -2.56. The maximum absolute atomic E-state index is 12.2. The molecule has 1 heterocycles. The number of hydrogen-bond acceptors (Lipinski definition) is 5. The molecule has 0 aromatic rings. The molecule has 0 bridgehead atoms. The summed E-state index contributed by atoms with van der Waals surface area (Å²) in [6, 6.07) is 0. The third-order valence-electron chi connectivity index (χ3n) is 10.8. The van der Waals surface area contributed by atoms with E-state index in [0.29, 0.717) is 48.0 Å². The molecule has 3 saturated carbocycles. The Labute approximate surface area is 191 Å². The van der Waals surface area contributed by atoms with Gasteiger partial charge in [-0.05, 0) is 73.5 Å². The Morgan fingerprint density at radius 2 is 1.91 bits per heavy atom. The molecule has 3 N–H and O–H groups in total. The van der Waals surface area contributed by atoms with E-state index in [4.69, 9.17) is 4.74 Å². The summed E-state index contributed by atoms with van der Waals surface area (Å²) in [5.41, 5.74) is 1.71. The van der Waals surface area contributed by atoms with Crippen LogP contribution in [-0.2, 0) is 9.53 Å². The van der Waals surface area contributed by atoms with Gasteiger partial charge in [0.2, 0.25) is 0 Å². The summed E-state index contributed by atoms with van der Waals surface area (Å²) < 4.78 is 5.77. The Bertz CT molecular complexity index is 832. The summed E-state index contributed by atoms with van der Waals surface area (Å²) in [4.78, 5) is 12.2. The van der Waals surface area contributed by atoms with Gasteiger partial charge in [0.25, 0.3) is 0 Å². The average Bonchev–Trinajstić information content (AvgIpc) is 3.11. The number of ether oxygens (including phenoxy) is 1. The minimum atomic E-state index is -0.458. The summed E-state index contributed by atoms with van der Waals surface area (Å²) in [6.07, 6.45) is 10.9. The van der Waals surface area contributed by atoms with Crippen LogP contribution in [0.3, 0.4) is 0 Å². The average molecular weight is 445 g/mol. The maximum atomic E-state index is 12.2. The molecule has 1 aliphatic heterocycles. The van der Waals surface area contributed by atoms with Gasteiger partial charge in [0.15, 0.2) is 0 Å². The number of esters is 1. The van der Waals surface area contributed by atoms with Gasteiger partial charge in [-0.2, -0.15) is 0 Å². The van der Waals surface area contributed by atoms with E-state index >= 15 is 0 Å². The van der Waals surface area contributed by atoms with E-state index in [1.165, 1.54) is 18.4 Å². The van der Waals surface area contributed by atoms with Crippen LogP contribution in [0.4, 0.5) is 0 Å². The molecule has 4 aliphatic carbocycles. The maximum Gasteiger partial charge on any atom is 0.336 e. The van der Waals surface area contributed by atoms with E-state index in [1.54, 1.807) is 0 Å². The topological polar surface area (TPSA) is 87.0 Å². The van der Waals surface area contributed by atoms with Crippen molar-refractivity contribution >= 4 is 5.97 Å². The Hall–Kier alpha value is -1.17. The largest absolute Gasteiger partial charge is 0.458 e. The van der Waals surface area contributed by atoms with Gasteiger partial charge >= 0.3 is 5.97 Å². The highest BCUT2D eigenvalue weighted by atomic mass is 16.5. The van der Waals surface area contributed by atoms with Crippen molar-refractivity contribution in [3.05, 3.63) is 23.3 Å². The molecule has 5 rings (SSSR count). The van der Waals surface area contributed by atoms with Crippen LogP contribution in [0, 0.1) is 40.4 Å². The second-order valence-corrected chi connectivity index (χ2v) is 11.9. The molecular weight excluding hydrogens is 404 g/mol. The van der Waals surface area contributed by atoms with E-state index in [9.17, 15) is 20.1 Å². The quantitative estimate of drug-likeness (QED) is 0.456. The minimum Gasteiger partial charge on any atom is -0.458 e. The molecular formula is C27H40O5. The number of hydrogen-bond donors (Lipinski definition) is 3. The van der Waals surface area contributed by atoms with Crippen molar-refractivity contribution in [1.29, 1.82) is 0 Å². The molecule has 0 aromatic heterocycles. The fourth-order valence-electron chi connectivity index (χ4n) is 8.92. The second kappa shape index (κ2) is 7.95. The van der Waals surface area contributed by atoms with Gasteiger partial charge < -0.3 is 20.1 Å². The summed E-state index contributed by atoms with van der Waals surface area (Å²) in [5, 5.41) is 30.7. The predicted octanol–water partition coefficient (Wildman–Crippen LogP) is 3.77. The lowest BCUT2D eigenvalue weighted by Gasteiger charge is -2.59. The third-order valence-corrected chi connectivity index (χ3v) is 10.8. The minimum absolute atomic E-state index is 0.104. The van der Waals surface area contributed by atoms with Crippen molar-refractivity contribution in [3.8, 4) is 0 Å². The number of aliphatic hydroxyl groups excluding tert-OH is 3. The molecule has 10 atom stereocenters. The van der Waals surface area contributed by atoms with Gasteiger partial charge in [-0.3, -0.25) is 0 Å². The molecule has 3 fully saturated rings. The number of allylic oxidation sites excluding steroid dienone is 1. The first-order valence-corrected chi connectivity index (χ1v) is 12.8. The monoisotopic (exact) mass is 444 g/mol. The van der Waals surface area contributed by atoms with E-state index < -0.39 is 12.2 Å². The van der Waals surface area contributed by atoms with Crippen molar-refractivity contribution in [2.24, 2.45) is 40.4 Å². The summed E-state index contributed by atoms with van der Waals surface area (Å²) in [6.45, 7) is 6.75. The smallest absolute Gasteiger partial charge is 0.336 e. The standard InChI is InChI=1S/C27H40O5/c1-15(23-9-4-16(14-28)25(31)32-23)20-7-8-21-19-6-5-17-12-18(29)13-24(30)27(17,3)22(19)10-11-26(20,21)2/h4-5,15,18-24,28-30H,6-14H2,1-3H3/t15-,18+,19-,20+,21-,22-,23+,24-,26+,27-/m0/s1. The molecule has 0 spiro atoms. The Morgan fingerprint density at radius 3 is 2.62 bits per heavy atom. The third kappa shape index (κ3) is 3.18. The van der Waals surface area contributed by atoms with Crippen molar-refractivity contribution in [1.82, 2.24) is 0 Å². The fourth-order valence-corrected chi connectivity index (χ4v) is 8.92. The first kappa shape index (κ1) is 22.6. The van der Waals surface area contributed by atoms with E-state index in [0.717, 1.165) is 25.7 Å². The summed E-state index contributed by atoms with van der Waals surface area (Å²) >= 11 is 0. The lowest BCUT2D eigenvalue weighted by atomic mass is 9.46. The Balaban J connectivity index is 1.37. The number of carbonyl (C=O) groups excluding carboxylic acids is 1. The van der Waals surface area contributed by atoms with E-state index in [2.05, 4.69) is 26.8 Å². The molecule has 178 valence electrons. The number of aliphatic hydroxyl groups is 3. The van der Waals surface area contributed by atoms with Gasteiger partial charge in [0.05, 0.1) is 24.4 Å². The highest BCUT2D eigenvalue weighted by Crippen LogP contribution is 2.67. The predicted molar refractivity (Wildman–Crippen MR) is 121 cm³/mol. The van der Waals surface area contributed by atoms with Crippen LogP contribution < -0.4 is 0 Å². The van der Waals surface area contributed by atoms with Crippen LogP contribution >= 0.6 is 0 Å². The second-order valence-electron chi connectivity index (χ2n) is 11.9. The molecule has 5 heteroatoms. The summed E-state index contributed by atoms with van der Waals surface area (Å²) in [5.74, 6) is 2.16. The molecule has 5 nitrogen and oxygen atoms in total. The summed E-state index contributed by atoms with van der Waals surface area (Å²) in [7, 11) is 0. The number of rotatable bonds is 3. The zero-order chi connectivity index (χ0) is 22.8. The molecule has 32 heavy (non-hydrogen) atoms. The van der Waals surface area contributed by atoms with Gasteiger partial charge in [-0.15, -0.1) is 0 Å². The highest BCUT2D eigenvalue weighted by molar-refractivity contribution is 5.89. The fraction of sp³-hybridized carbons (Fsp3) is 0.815. The van der Waals surface area contributed by atoms with Crippen LogP contribution in [0.25, 0.3) is 0 Å². The van der Waals surface area contributed by atoms with Gasteiger partial charge in [0.1, 0.15) is 6.10 Å². The van der Waals surface area contributed by atoms with Crippen LogP contribution in [0.15, 0.2) is 23.3 Å². The zero-order valence-corrected chi connectivity index (χ0v) is 19.8. The zero-order valence-electron chi connectivity index (χ0n) is 19.8. The van der Waals surface area contributed by atoms with Crippen molar-refractivity contribution < 1.29 is 24.9 Å². The molecule has 0 aromatic carbocycles. The van der Waals surface area contributed by atoms with E-state index in [1.807, 2.05) is 6.08 Å². The van der Waals surface area contributed by atoms with Crippen LogP contribution in [0.2, 0.25) is 0 Å². The Kier molecular flexibility index (Phi) is 5.62. The number of fused-ring (bicyclic) bond motifs is 5. The Morgan fingerprint density at radius 1 is 1.12 bits per heavy atom.